The van der Waals surface area contributed by atoms with Crippen molar-refractivity contribution in [2.24, 2.45) is 5.92 Å². The van der Waals surface area contributed by atoms with Gasteiger partial charge in [0.1, 0.15) is 5.82 Å². The fraction of sp³-hybridized carbons (Fsp3) is 0.133. The molecule has 2 aromatic heterocycles. The Balaban J connectivity index is 1.39. The number of rotatable bonds is 5. The van der Waals surface area contributed by atoms with Crippen molar-refractivity contribution in [2.75, 3.05) is 4.90 Å². The van der Waals surface area contributed by atoms with Gasteiger partial charge in [-0.3, -0.25) is 14.6 Å². The Morgan fingerprint density at radius 1 is 0.921 bits per heavy atom. The number of aromatic nitrogens is 3. The van der Waals surface area contributed by atoms with E-state index in [1.807, 2.05) is 55.5 Å². The van der Waals surface area contributed by atoms with Crippen LogP contribution in [0.25, 0.3) is 16.6 Å². The van der Waals surface area contributed by atoms with Crippen molar-refractivity contribution >= 4 is 28.4 Å². The van der Waals surface area contributed by atoms with E-state index < -0.39 is 18.0 Å². The number of amides is 2. The van der Waals surface area contributed by atoms with Crippen molar-refractivity contribution in [1.29, 1.82) is 0 Å². The maximum absolute atomic E-state index is 13.7. The quantitative estimate of drug-likeness (QED) is 0.361. The van der Waals surface area contributed by atoms with Crippen molar-refractivity contribution in [1.82, 2.24) is 20.1 Å². The van der Waals surface area contributed by atoms with Gasteiger partial charge in [0.2, 0.25) is 5.91 Å². The first kappa shape index (κ1) is 23.5. The highest BCUT2D eigenvalue weighted by Gasteiger charge is 2.48. The van der Waals surface area contributed by atoms with Gasteiger partial charge < -0.3 is 10.2 Å². The average Bonchev–Trinajstić information content (AvgIpc) is 3.48. The number of fused-ring (bicyclic) bond motifs is 1. The number of benzene rings is 3. The van der Waals surface area contributed by atoms with Gasteiger partial charge in [-0.15, -0.1) is 0 Å². The highest BCUT2D eigenvalue weighted by molar-refractivity contribution is 6.02. The van der Waals surface area contributed by atoms with Crippen LogP contribution in [0, 0.1) is 11.7 Å². The van der Waals surface area contributed by atoms with E-state index in [4.69, 9.17) is 0 Å². The lowest BCUT2D eigenvalue weighted by Crippen LogP contribution is -2.42. The molecule has 2 amide bonds. The molecule has 3 heterocycles. The maximum Gasteiger partial charge on any atom is 0.253 e. The molecule has 1 fully saturated rings. The number of hydrogen-bond donors (Lipinski definition) is 1. The normalized spacial score (nSPS) is 19.2. The molecule has 7 nitrogen and oxygen atoms in total. The van der Waals surface area contributed by atoms with Crippen LogP contribution in [0.4, 0.5) is 10.1 Å². The minimum atomic E-state index is -0.463. The van der Waals surface area contributed by atoms with E-state index in [-0.39, 0.29) is 17.6 Å². The molecule has 5 aromatic rings. The van der Waals surface area contributed by atoms with E-state index in [1.54, 1.807) is 46.2 Å². The third-order valence-electron chi connectivity index (χ3n) is 7.05. The van der Waals surface area contributed by atoms with Gasteiger partial charge in [0, 0.05) is 23.5 Å². The number of carbonyl (C=O) groups excluding carboxylic acids is 2. The molecule has 3 unspecified atom stereocenters. The summed E-state index contributed by atoms with van der Waals surface area (Å²) in [7, 11) is 0. The molecule has 1 saturated heterocycles. The zero-order chi connectivity index (χ0) is 26.2. The van der Waals surface area contributed by atoms with Crippen LogP contribution >= 0.6 is 0 Å². The largest absolute Gasteiger partial charge is 0.346 e. The molecular formula is C30H24FN5O2. The number of pyridine rings is 1. The number of anilines is 1. The molecule has 8 heteroatoms. The van der Waals surface area contributed by atoms with Gasteiger partial charge in [0.25, 0.3) is 5.91 Å². The molecule has 6 rings (SSSR count). The number of hydrogen-bond acceptors (Lipinski definition) is 4. The maximum atomic E-state index is 13.7. The van der Waals surface area contributed by atoms with E-state index in [1.165, 1.54) is 18.3 Å². The Labute approximate surface area is 218 Å². The summed E-state index contributed by atoms with van der Waals surface area (Å²) >= 11 is 0. The molecule has 0 bridgehead atoms. The summed E-state index contributed by atoms with van der Waals surface area (Å²) in [6, 6.07) is 24.1. The molecule has 1 aliphatic rings. The Morgan fingerprint density at radius 3 is 2.42 bits per heavy atom. The van der Waals surface area contributed by atoms with E-state index in [2.05, 4.69) is 15.4 Å². The third kappa shape index (κ3) is 4.10. The summed E-state index contributed by atoms with van der Waals surface area (Å²) in [5, 5.41) is 8.43. The second-order valence-corrected chi connectivity index (χ2v) is 9.37. The van der Waals surface area contributed by atoms with E-state index >= 15 is 0 Å². The molecule has 0 saturated carbocycles. The van der Waals surface area contributed by atoms with Crippen LogP contribution in [0.1, 0.15) is 28.9 Å². The summed E-state index contributed by atoms with van der Waals surface area (Å²) in [5.74, 6) is -1.13. The summed E-state index contributed by atoms with van der Waals surface area (Å²) in [4.78, 5) is 32.6. The minimum Gasteiger partial charge on any atom is -0.346 e. The Kier molecular flexibility index (Phi) is 5.92. The molecular weight excluding hydrogens is 481 g/mol. The first-order valence-electron chi connectivity index (χ1n) is 12.3. The average molecular weight is 506 g/mol. The first-order valence-corrected chi connectivity index (χ1v) is 12.3. The van der Waals surface area contributed by atoms with Gasteiger partial charge in [-0.1, -0.05) is 37.3 Å². The SMILES string of the molecule is CC1C(=O)N(c2ccc3c(cnn3-c3ccc(F)cc3)c2)C(c2ccccc2)C1NC(=O)c1cccnc1. The van der Waals surface area contributed by atoms with Crippen molar-refractivity contribution in [2.45, 2.75) is 19.0 Å². The minimum absolute atomic E-state index is 0.0828. The summed E-state index contributed by atoms with van der Waals surface area (Å²) in [6.07, 6.45) is 4.85. The molecule has 0 radical (unpaired) electrons. The fourth-order valence-electron chi connectivity index (χ4n) is 5.13. The number of nitrogens with zero attached hydrogens (tertiary/aromatic N) is 4. The van der Waals surface area contributed by atoms with Crippen LogP contribution in [0.3, 0.4) is 0 Å². The molecule has 3 atom stereocenters. The zero-order valence-corrected chi connectivity index (χ0v) is 20.5. The Hall–Kier alpha value is -4.85. The van der Waals surface area contributed by atoms with Crippen LogP contribution in [-0.4, -0.2) is 32.6 Å². The second kappa shape index (κ2) is 9.55. The van der Waals surface area contributed by atoms with Crippen molar-refractivity contribution in [3.05, 3.63) is 120 Å². The highest BCUT2D eigenvalue weighted by atomic mass is 19.1. The molecule has 188 valence electrons. The predicted octanol–water partition coefficient (Wildman–Crippen LogP) is 5.08. The monoisotopic (exact) mass is 505 g/mol. The molecule has 38 heavy (non-hydrogen) atoms. The van der Waals surface area contributed by atoms with Gasteiger partial charge in [0.05, 0.1) is 41.0 Å². The summed E-state index contributed by atoms with van der Waals surface area (Å²) < 4.78 is 15.2. The van der Waals surface area contributed by atoms with Crippen LogP contribution < -0.4 is 10.2 Å². The molecule has 0 aliphatic carbocycles. The predicted molar refractivity (Wildman–Crippen MR) is 142 cm³/mol. The Bertz CT molecular complexity index is 1620. The molecule has 0 spiro atoms. The van der Waals surface area contributed by atoms with Crippen LogP contribution in [0.2, 0.25) is 0 Å². The van der Waals surface area contributed by atoms with Gasteiger partial charge in [-0.25, -0.2) is 9.07 Å². The van der Waals surface area contributed by atoms with Crippen molar-refractivity contribution in [3.8, 4) is 5.69 Å². The molecule has 1 aliphatic heterocycles. The molecule has 1 N–H and O–H groups in total. The number of nitrogens with one attached hydrogen (secondary N) is 1. The zero-order valence-electron chi connectivity index (χ0n) is 20.5. The van der Waals surface area contributed by atoms with Gasteiger partial charge in [0.15, 0.2) is 0 Å². The van der Waals surface area contributed by atoms with Crippen molar-refractivity contribution in [3.63, 3.8) is 0 Å². The van der Waals surface area contributed by atoms with E-state index in [0.29, 0.717) is 11.3 Å². The van der Waals surface area contributed by atoms with E-state index in [0.717, 1.165) is 22.2 Å². The second-order valence-electron chi connectivity index (χ2n) is 9.37. The van der Waals surface area contributed by atoms with Crippen LogP contribution in [0.5, 0.6) is 0 Å². The summed E-state index contributed by atoms with van der Waals surface area (Å²) in [6.45, 7) is 1.84. The van der Waals surface area contributed by atoms with Gasteiger partial charge in [-0.2, -0.15) is 5.10 Å². The Morgan fingerprint density at radius 2 is 1.68 bits per heavy atom. The lowest BCUT2D eigenvalue weighted by molar-refractivity contribution is -0.120. The highest BCUT2D eigenvalue weighted by Crippen LogP contribution is 2.41. The van der Waals surface area contributed by atoms with Crippen LogP contribution in [-0.2, 0) is 4.79 Å². The lowest BCUT2D eigenvalue weighted by Gasteiger charge is -2.29. The summed E-state index contributed by atoms with van der Waals surface area (Å²) in [5.41, 5.74) is 3.63. The first-order chi connectivity index (χ1) is 18.5. The fourth-order valence-corrected chi connectivity index (χ4v) is 5.13. The topological polar surface area (TPSA) is 80.1 Å². The number of carbonyl (C=O) groups is 2. The smallest absolute Gasteiger partial charge is 0.253 e. The van der Waals surface area contributed by atoms with Gasteiger partial charge >= 0.3 is 0 Å². The standard InChI is InChI=1S/C30H24FN5O2/c1-19-27(34-29(37)21-8-5-15-32-17-21)28(20-6-3-2-4-7-20)35(30(19)38)25-13-14-26-22(16-25)18-33-36(26)24-11-9-23(31)10-12-24/h2-19,27-28H,1H3,(H,34,37). The lowest BCUT2D eigenvalue weighted by atomic mass is 9.94. The van der Waals surface area contributed by atoms with E-state index in [9.17, 15) is 14.0 Å². The molecule has 3 aromatic carbocycles. The third-order valence-corrected chi connectivity index (χ3v) is 7.05. The van der Waals surface area contributed by atoms with Gasteiger partial charge in [-0.05, 0) is 60.2 Å². The van der Waals surface area contributed by atoms with Crippen LogP contribution in [0.15, 0.2) is 104 Å². The van der Waals surface area contributed by atoms with Crippen molar-refractivity contribution < 1.29 is 14.0 Å². The number of halogens is 1.